The molecule has 0 atom stereocenters. The van der Waals surface area contributed by atoms with E-state index in [1.54, 1.807) is 0 Å². The Labute approximate surface area is 112 Å². The van der Waals surface area contributed by atoms with Gasteiger partial charge in [0.15, 0.2) is 0 Å². The summed E-state index contributed by atoms with van der Waals surface area (Å²) in [7, 11) is 0. The molecule has 96 valence electrons. The number of primary amides is 1. The lowest BCUT2D eigenvalue weighted by atomic mass is 9.77. The van der Waals surface area contributed by atoms with Crippen molar-refractivity contribution in [3.8, 4) is 11.1 Å². The van der Waals surface area contributed by atoms with Gasteiger partial charge in [-0.25, -0.2) is 0 Å². The molecule has 2 aromatic carbocycles. The largest absolute Gasteiger partial charge is 0.378 e. The average Bonchev–Trinajstić information content (AvgIpc) is 2.39. The van der Waals surface area contributed by atoms with Gasteiger partial charge in [-0.1, -0.05) is 54.6 Å². The molecule has 0 bridgehead atoms. The zero-order valence-corrected chi connectivity index (χ0v) is 10.5. The van der Waals surface area contributed by atoms with E-state index in [4.69, 9.17) is 10.5 Å². The van der Waals surface area contributed by atoms with E-state index in [0.717, 1.165) is 16.7 Å². The molecule has 3 nitrogen and oxygen atoms in total. The molecule has 0 saturated carbocycles. The third kappa shape index (κ3) is 1.92. The Kier molecular flexibility index (Phi) is 2.84. The molecule has 1 saturated heterocycles. The van der Waals surface area contributed by atoms with Crippen LogP contribution in [-0.2, 0) is 14.9 Å². The van der Waals surface area contributed by atoms with Crippen LogP contribution in [0.15, 0.2) is 54.6 Å². The maximum absolute atomic E-state index is 11.6. The Morgan fingerprint density at radius 3 is 2.00 bits per heavy atom. The van der Waals surface area contributed by atoms with Crippen molar-refractivity contribution in [2.24, 2.45) is 5.73 Å². The average molecular weight is 253 g/mol. The lowest BCUT2D eigenvalue weighted by molar-refractivity contribution is -0.141. The maximum atomic E-state index is 11.6. The van der Waals surface area contributed by atoms with Crippen molar-refractivity contribution in [3.05, 3.63) is 60.2 Å². The lowest BCUT2D eigenvalue weighted by Gasteiger charge is -2.38. The zero-order valence-electron chi connectivity index (χ0n) is 10.5. The molecule has 0 aliphatic carbocycles. The van der Waals surface area contributed by atoms with E-state index in [1.165, 1.54) is 0 Å². The van der Waals surface area contributed by atoms with E-state index < -0.39 is 5.41 Å². The van der Waals surface area contributed by atoms with Gasteiger partial charge in [-0.05, 0) is 16.7 Å². The fourth-order valence-corrected chi connectivity index (χ4v) is 2.37. The molecule has 1 heterocycles. The van der Waals surface area contributed by atoms with Crippen molar-refractivity contribution in [1.82, 2.24) is 0 Å². The van der Waals surface area contributed by atoms with Crippen LogP contribution in [0.3, 0.4) is 0 Å². The number of carbonyl (C=O) groups excluding carboxylic acids is 1. The van der Waals surface area contributed by atoms with Crippen LogP contribution >= 0.6 is 0 Å². The standard InChI is InChI=1S/C16H15NO2/c17-15(18)16(10-19-11-16)14-8-6-13(7-9-14)12-4-2-1-3-5-12/h1-9H,10-11H2,(H2,17,18). The van der Waals surface area contributed by atoms with Gasteiger partial charge in [0.25, 0.3) is 0 Å². The second kappa shape index (κ2) is 4.52. The summed E-state index contributed by atoms with van der Waals surface area (Å²) in [5.74, 6) is -0.314. The number of hydrogen-bond donors (Lipinski definition) is 1. The van der Waals surface area contributed by atoms with Crippen molar-refractivity contribution in [1.29, 1.82) is 0 Å². The van der Waals surface area contributed by atoms with Gasteiger partial charge < -0.3 is 10.5 Å². The Bertz CT molecular complexity index is 586. The number of benzene rings is 2. The second-order valence-corrected chi connectivity index (χ2v) is 4.88. The molecule has 3 heteroatoms. The first kappa shape index (κ1) is 11.9. The minimum Gasteiger partial charge on any atom is -0.378 e. The predicted molar refractivity (Wildman–Crippen MR) is 73.6 cm³/mol. The van der Waals surface area contributed by atoms with Gasteiger partial charge in [0.1, 0.15) is 5.41 Å². The van der Waals surface area contributed by atoms with E-state index in [0.29, 0.717) is 13.2 Å². The van der Waals surface area contributed by atoms with Gasteiger partial charge in [-0.15, -0.1) is 0 Å². The molecule has 1 amide bonds. The Morgan fingerprint density at radius 1 is 0.947 bits per heavy atom. The molecule has 3 rings (SSSR count). The zero-order chi connectivity index (χ0) is 13.3. The van der Waals surface area contributed by atoms with Crippen LogP contribution in [-0.4, -0.2) is 19.1 Å². The minimum atomic E-state index is -0.630. The fourth-order valence-electron chi connectivity index (χ4n) is 2.37. The Hall–Kier alpha value is -2.13. The minimum absolute atomic E-state index is 0.314. The Morgan fingerprint density at radius 2 is 1.53 bits per heavy atom. The Balaban J connectivity index is 1.93. The molecule has 19 heavy (non-hydrogen) atoms. The summed E-state index contributed by atoms with van der Waals surface area (Å²) in [6.07, 6.45) is 0. The maximum Gasteiger partial charge on any atom is 0.232 e. The number of hydrogen-bond acceptors (Lipinski definition) is 2. The highest BCUT2D eigenvalue weighted by Gasteiger charge is 2.45. The SMILES string of the molecule is NC(=O)C1(c2ccc(-c3ccccc3)cc2)COC1. The third-order valence-corrected chi connectivity index (χ3v) is 3.71. The van der Waals surface area contributed by atoms with E-state index in [9.17, 15) is 4.79 Å². The molecular weight excluding hydrogens is 238 g/mol. The topological polar surface area (TPSA) is 52.3 Å². The van der Waals surface area contributed by atoms with Gasteiger partial charge in [-0.2, -0.15) is 0 Å². The van der Waals surface area contributed by atoms with Gasteiger partial charge >= 0.3 is 0 Å². The van der Waals surface area contributed by atoms with Crippen molar-refractivity contribution >= 4 is 5.91 Å². The molecule has 1 aliphatic rings. The molecule has 0 unspecified atom stereocenters. The quantitative estimate of drug-likeness (QED) is 0.910. The highest BCUT2D eigenvalue weighted by molar-refractivity contribution is 5.88. The summed E-state index contributed by atoms with van der Waals surface area (Å²) in [4.78, 5) is 11.6. The molecule has 2 aromatic rings. The third-order valence-electron chi connectivity index (χ3n) is 3.71. The van der Waals surface area contributed by atoms with Gasteiger partial charge in [0.2, 0.25) is 5.91 Å². The molecule has 1 aliphatic heterocycles. The van der Waals surface area contributed by atoms with E-state index in [-0.39, 0.29) is 5.91 Å². The molecular formula is C16H15NO2. The molecule has 2 N–H and O–H groups in total. The van der Waals surface area contributed by atoms with Gasteiger partial charge in [0, 0.05) is 0 Å². The number of carbonyl (C=O) groups is 1. The van der Waals surface area contributed by atoms with Gasteiger partial charge in [-0.3, -0.25) is 4.79 Å². The van der Waals surface area contributed by atoms with Crippen molar-refractivity contribution in [3.63, 3.8) is 0 Å². The predicted octanol–water partition coefficient (Wildman–Crippen LogP) is 2.11. The molecule has 0 radical (unpaired) electrons. The summed E-state index contributed by atoms with van der Waals surface area (Å²) in [6, 6.07) is 18.1. The highest BCUT2D eigenvalue weighted by atomic mass is 16.5. The second-order valence-electron chi connectivity index (χ2n) is 4.88. The summed E-state index contributed by atoms with van der Waals surface area (Å²) in [5, 5.41) is 0. The number of ether oxygens (including phenoxy) is 1. The van der Waals surface area contributed by atoms with Crippen molar-refractivity contribution < 1.29 is 9.53 Å². The molecule has 1 fully saturated rings. The van der Waals surface area contributed by atoms with E-state index >= 15 is 0 Å². The van der Waals surface area contributed by atoms with Crippen LogP contribution in [0.25, 0.3) is 11.1 Å². The highest BCUT2D eigenvalue weighted by Crippen LogP contribution is 2.33. The van der Waals surface area contributed by atoms with Crippen molar-refractivity contribution in [2.75, 3.05) is 13.2 Å². The van der Waals surface area contributed by atoms with E-state index in [1.807, 2.05) is 42.5 Å². The summed E-state index contributed by atoms with van der Waals surface area (Å²) in [5.41, 5.74) is 8.09. The van der Waals surface area contributed by atoms with Crippen LogP contribution in [0.5, 0.6) is 0 Å². The monoisotopic (exact) mass is 253 g/mol. The fraction of sp³-hybridized carbons (Fsp3) is 0.188. The normalized spacial score (nSPS) is 16.6. The first-order valence-corrected chi connectivity index (χ1v) is 6.26. The number of nitrogens with two attached hydrogens (primary N) is 1. The lowest BCUT2D eigenvalue weighted by Crippen LogP contribution is -2.56. The van der Waals surface area contributed by atoms with Crippen LogP contribution < -0.4 is 5.73 Å². The van der Waals surface area contributed by atoms with Crippen molar-refractivity contribution in [2.45, 2.75) is 5.41 Å². The molecule has 0 aromatic heterocycles. The number of amides is 1. The molecule has 0 spiro atoms. The first-order chi connectivity index (χ1) is 9.22. The van der Waals surface area contributed by atoms with Crippen LogP contribution in [0, 0.1) is 0 Å². The summed E-state index contributed by atoms with van der Waals surface area (Å²) in [6.45, 7) is 0.764. The van der Waals surface area contributed by atoms with Crippen LogP contribution in [0.4, 0.5) is 0 Å². The van der Waals surface area contributed by atoms with Crippen LogP contribution in [0.2, 0.25) is 0 Å². The van der Waals surface area contributed by atoms with Gasteiger partial charge in [0.05, 0.1) is 13.2 Å². The summed E-state index contributed by atoms with van der Waals surface area (Å²) < 4.78 is 5.17. The number of rotatable bonds is 3. The van der Waals surface area contributed by atoms with Crippen LogP contribution in [0.1, 0.15) is 5.56 Å². The first-order valence-electron chi connectivity index (χ1n) is 6.26. The summed E-state index contributed by atoms with van der Waals surface area (Å²) >= 11 is 0. The smallest absolute Gasteiger partial charge is 0.232 e. The van der Waals surface area contributed by atoms with E-state index in [2.05, 4.69) is 12.1 Å².